The second kappa shape index (κ2) is 6.67. The highest BCUT2D eigenvalue weighted by Crippen LogP contribution is 2.30. The maximum absolute atomic E-state index is 12.4. The van der Waals surface area contributed by atoms with Crippen molar-refractivity contribution in [3.63, 3.8) is 0 Å². The van der Waals surface area contributed by atoms with Gasteiger partial charge in [-0.1, -0.05) is 6.07 Å². The zero-order chi connectivity index (χ0) is 18.1. The highest BCUT2D eigenvalue weighted by atomic mass is 16.5. The van der Waals surface area contributed by atoms with Crippen molar-refractivity contribution >= 4 is 28.5 Å². The van der Waals surface area contributed by atoms with Crippen molar-refractivity contribution in [1.29, 1.82) is 0 Å². The first kappa shape index (κ1) is 16.4. The third-order valence-corrected chi connectivity index (χ3v) is 4.79. The average molecular weight is 349 g/mol. The van der Waals surface area contributed by atoms with Gasteiger partial charge in [0.25, 0.3) is 0 Å². The Morgan fingerprint density at radius 3 is 2.77 bits per heavy atom. The van der Waals surface area contributed by atoms with Crippen LogP contribution in [0, 0.1) is 0 Å². The van der Waals surface area contributed by atoms with E-state index in [9.17, 15) is 9.59 Å². The summed E-state index contributed by atoms with van der Waals surface area (Å²) in [5.41, 5.74) is 5.37. The van der Waals surface area contributed by atoms with Crippen LogP contribution in [0.4, 0.5) is 5.69 Å². The number of carbonyl (C=O) groups excluding carboxylic acids is 2. The van der Waals surface area contributed by atoms with Crippen LogP contribution in [0.15, 0.2) is 47.1 Å². The summed E-state index contributed by atoms with van der Waals surface area (Å²) in [4.78, 5) is 24.0. The van der Waals surface area contributed by atoms with Crippen molar-refractivity contribution in [3.8, 4) is 0 Å². The summed E-state index contributed by atoms with van der Waals surface area (Å²) < 4.78 is 10.4. The Hall–Kier alpha value is -3.08. The van der Waals surface area contributed by atoms with E-state index in [4.69, 9.17) is 9.15 Å². The van der Waals surface area contributed by atoms with Crippen LogP contribution < -0.4 is 5.32 Å². The molecule has 1 heterocycles. The molecule has 0 saturated heterocycles. The van der Waals surface area contributed by atoms with Crippen molar-refractivity contribution in [1.82, 2.24) is 0 Å². The maximum atomic E-state index is 12.4. The molecule has 4 rings (SSSR count). The van der Waals surface area contributed by atoms with E-state index >= 15 is 0 Å². The largest absolute Gasteiger partial charge is 0.465 e. The van der Waals surface area contributed by atoms with Crippen LogP contribution in [0.1, 0.15) is 33.5 Å². The van der Waals surface area contributed by atoms with Gasteiger partial charge >= 0.3 is 5.97 Å². The third kappa shape index (κ3) is 3.08. The number of furan rings is 1. The minimum atomic E-state index is -0.434. The number of methoxy groups -OCH3 is 1. The van der Waals surface area contributed by atoms with E-state index in [1.807, 2.05) is 0 Å². The van der Waals surface area contributed by atoms with Gasteiger partial charge in [0, 0.05) is 16.6 Å². The van der Waals surface area contributed by atoms with Crippen LogP contribution in [0.3, 0.4) is 0 Å². The molecule has 0 fully saturated rings. The molecule has 0 aliphatic heterocycles. The number of benzene rings is 2. The first-order valence-electron chi connectivity index (χ1n) is 8.64. The predicted molar refractivity (Wildman–Crippen MR) is 98.4 cm³/mol. The number of hydrogen-bond acceptors (Lipinski definition) is 4. The van der Waals surface area contributed by atoms with Gasteiger partial charge in [-0.15, -0.1) is 0 Å². The second-order valence-electron chi connectivity index (χ2n) is 6.53. The van der Waals surface area contributed by atoms with E-state index in [1.165, 1.54) is 24.7 Å². The first-order valence-corrected chi connectivity index (χ1v) is 8.64. The zero-order valence-electron chi connectivity index (χ0n) is 14.5. The Morgan fingerprint density at radius 1 is 1.15 bits per heavy atom. The van der Waals surface area contributed by atoms with Crippen molar-refractivity contribution < 1.29 is 18.7 Å². The van der Waals surface area contributed by atoms with Gasteiger partial charge in [0.15, 0.2) is 0 Å². The van der Waals surface area contributed by atoms with Crippen molar-refractivity contribution in [3.05, 3.63) is 64.9 Å². The molecule has 5 heteroatoms. The highest BCUT2D eigenvalue weighted by Gasteiger charge is 2.17. The Labute approximate surface area is 150 Å². The number of hydrogen-bond donors (Lipinski definition) is 1. The van der Waals surface area contributed by atoms with Crippen molar-refractivity contribution in [2.24, 2.45) is 0 Å². The molecule has 1 aliphatic rings. The number of amides is 1. The lowest BCUT2D eigenvalue weighted by atomic mass is 10.0. The van der Waals surface area contributed by atoms with Gasteiger partial charge in [0.1, 0.15) is 5.58 Å². The monoisotopic (exact) mass is 349 g/mol. The normalized spacial score (nSPS) is 12.8. The lowest BCUT2D eigenvalue weighted by Gasteiger charge is -2.06. The van der Waals surface area contributed by atoms with Crippen LogP contribution in [0.25, 0.3) is 11.0 Å². The Kier molecular flexibility index (Phi) is 4.21. The highest BCUT2D eigenvalue weighted by molar-refractivity contribution is 5.97. The Morgan fingerprint density at radius 2 is 1.96 bits per heavy atom. The molecule has 5 nitrogen and oxygen atoms in total. The van der Waals surface area contributed by atoms with Crippen LogP contribution in [0.5, 0.6) is 0 Å². The molecule has 1 N–H and O–H groups in total. The molecule has 1 aliphatic carbocycles. The lowest BCUT2D eigenvalue weighted by Crippen LogP contribution is -2.14. The molecule has 26 heavy (non-hydrogen) atoms. The molecule has 0 radical (unpaired) electrons. The standard InChI is InChI=1S/C21H19NO4/c1-25-21(24)15-6-3-7-17(8-15)22-20(23)11-16-12-26-19-10-14-5-2-4-13(14)9-18(16)19/h3,6-10,12H,2,4-5,11H2,1H3,(H,22,23). The second-order valence-corrected chi connectivity index (χ2v) is 6.53. The quantitative estimate of drug-likeness (QED) is 0.726. The van der Waals surface area contributed by atoms with Gasteiger partial charge in [-0.3, -0.25) is 4.79 Å². The summed E-state index contributed by atoms with van der Waals surface area (Å²) in [6.07, 6.45) is 5.23. The van der Waals surface area contributed by atoms with Crippen LogP contribution in [-0.2, 0) is 28.8 Å². The van der Waals surface area contributed by atoms with Gasteiger partial charge in [-0.05, 0) is 60.7 Å². The summed E-state index contributed by atoms with van der Waals surface area (Å²) in [6, 6.07) is 10.9. The van der Waals surface area contributed by atoms with E-state index in [0.717, 1.165) is 29.4 Å². The van der Waals surface area contributed by atoms with Crippen molar-refractivity contribution in [2.75, 3.05) is 12.4 Å². The topological polar surface area (TPSA) is 68.5 Å². The van der Waals surface area contributed by atoms with E-state index in [2.05, 4.69) is 17.4 Å². The van der Waals surface area contributed by atoms with Gasteiger partial charge in [-0.25, -0.2) is 4.79 Å². The molecule has 0 bridgehead atoms. The molecule has 2 aromatic carbocycles. The fourth-order valence-corrected chi connectivity index (χ4v) is 3.50. The number of anilines is 1. The van der Waals surface area contributed by atoms with Crippen LogP contribution in [0.2, 0.25) is 0 Å². The first-order chi connectivity index (χ1) is 12.6. The molecule has 0 spiro atoms. The molecule has 3 aromatic rings. The van der Waals surface area contributed by atoms with Gasteiger partial charge in [0.05, 0.1) is 25.4 Å². The van der Waals surface area contributed by atoms with Gasteiger partial charge in [-0.2, -0.15) is 0 Å². The predicted octanol–water partition coefficient (Wildman–Crippen LogP) is 3.89. The maximum Gasteiger partial charge on any atom is 0.337 e. The van der Waals surface area contributed by atoms with Gasteiger partial charge < -0.3 is 14.5 Å². The molecular formula is C21H19NO4. The fraction of sp³-hybridized carbons (Fsp3) is 0.238. The summed E-state index contributed by atoms with van der Waals surface area (Å²) >= 11 is 0. The average Bonchev–Trinajstić information content (AvgIpc) is 3.26. The third-order valence-electron chi connectivity index (χ3n) is 4.79. The van der Waals surface area contributed by atoms with E-state index < -0.39 is 5.97 Å². The van der Waals surface area contributed by atoms with E-state index in [1.54, 1.807) is 30.5 Å². The van der Waals surface area contributed by atoms with E-state index in [-0.39, 0.29) is 12.3 Å². The van der Waals surface area contributed by atoms with Gasteiger partial charge in [0.2, 0.25) is 5.91 Å². The van der Waals surface area contributed by atoms with Crippen molar-refractivity contribution in [2.45, 2.75) is 25.7 Å². The fourth-order valence-electron chi connectivity index (χ4n) is 3.50. The zero-order valence-corrected chi connectivity index (χ0v) is 14.5. The molecule has 0 atom stereocenters. The summed E-state index contributed by atoms with van der Waals surface area (Å²) in [5.74, 6) is -0.592. The number of nitrogens with one attached hydrogen (secondary N) is 1. The SMILES string of the molecule is COC(=O)c1cccc(NC(=O)Cc2coc3cc4c(cc23)CCC4)c1. The van der Waals surface area contributed by atoms with E-state index in [0.29, 0.717) is 11.3 Å². The number of carbonyl (C=O) groups is 2. The summed E-state index contributed by atoms with van der Waals surface area (Å²) in [7, 11) is 1.33. The minimum Gasteiger partial charge on any atom is -0.465 e. The Balaban J connectivity index is 1.52. The molecule has 1 amide bonds. The molecule has 0 unspecified atom stereocenters. The van der Waals surface area contributed by atoms with Crippen LogP contribution >= 0.6 is 0 Å². The summed E-state index contributed by atoms with van der Waals surface area (Å²) in [6.45, 7) is 0. The number of rotatable bonds is 4. The molecule has 1 aromatic heterocycles. The molecule has 132 valence electrons. The summed E-state index contributed by atoms with van der Waals surface area (Å²) in [5, 5.41) is 3.83. The minimum absolute atomic E-state index is 0.157. The smallest absolute Gasteiger partial charge is 0.337 e. The number of fused-ring (bicyclic) bond motifs is 2. The molecule has 0 saturated carbocycles. The number of esters is 1. The number of ether oxygens (including phenoxy) is 1. The Bertz CT molecular complexity index is 1000. The number of aryl methyl sites for hydroxylation is 2. The van der Waals surface area contributed by atoms with Crippen LogP contribution in [-0.4, -0.2) is 19.0 Å². The molecular weight excluding hydrogens is 330 g/mol. The lowest BCUT2D eigenvalue weighted by molar-refractivity contribution is -0.115.